The molecule has 0 aromatic heterocycles. The number of hydrogen-bond acceptors (Lipinski definition) is 4. The summed E-state index contributed by atoms with van der Waals surface area (Å²) in [5.41, 5.74) is 0.545. The highest BCUT2D eigenvalue weighted by Crippen LogP contribution is 2.34. The lowest BCUT2D eigenvalue weighted by Gasteiger charge is -2.53. The minimum Gasteiger partial charge on any atom is -0.376 e. The Morgan fingerprint density at radius 2 is 1.38 bits per heavy atom. The molecule has 0 aromatic carbocycles. The Morgan fingerprint density at radius 1 is 0.952 bits per heavy atom. The monoisotopic (exact) mass is 302 g/mol. The van der Waals surface area contributed by atoms with Gasteiger partial charge in [0.05, 0.1) is 17.8 Å². The van der Waals surface area contributed by atoms with E-state index < -0.39 is 0 Å². The third-order valence-electron chi connectivity index (χ3n) is 4.28. The van der Waals surface area contributed by atoms with Gasteiger partial charge in [-0.25, -0.2) is 0 Å². The van der Waals surface area contributed by atoms with Crippen molar-refractivity contribution in [1.29, 1.82) is 0 Å². The zero-order chi connectivity index (χ0) is 16.5. The maximum Gasteiger partial charge on any atom is 0.0956 e. The van der Waals surface area contributed by atoms with E-state index in [9.17, 15) is 0 Å². The number of hydrogen-bond donors (Lipinski definition) is 0. The molecule has 21 heavy (non-hydrogen) atoms. The van der Waals surface area contributed by atoms with Crippen LogP contribution >= 0.6 is 0 Å². The normalized spacial score (nSPS) is 24.6. The van der Waals surface area contributed by atoms with Gasteiger partial charge < -0.3 is 19.3 Å². The first kappa shape index (κ1) is 20.8. The Bertz CT molecular complexity index is 248. The predicted molar refractivity (Wildman–Crippen MR) is 91.0 cm³/mol. The number of ether oxygens (including phenoxy) is 2. The molecule has 3 fully saturated rings. The molecule has 3 rings (SSSR count). The van der Waals surface area contributed by atoms with E-state index in [1.807, 2.05) is 27.7 Å². The van der Waals surface area contributed by atoms with Crippen molar-refractivity contribution in [2.75, 3.05) is 54.0 Å². The molecule has 4 nitrogen and oxygen atoms in total. The van der Waals surface area contributed by atoms with Crippen LogP contribution in [0.4, 0.5) is 0 Å². The fraction of sp³-hybridized carbons (Fsp3) is 1.00. The molecule has 0 saturated carbocycles. The molecule has 0 unspecified atom stereocenters. The molecule has 0 aliphatic carbocycles. The molecule has 3 aliphatic rings. The van der Waals surface area contributed by atoms with Crippen molar-refractivity contribution in [3.63, 3.8) is 0 Å². The highest BCUT2D eigenvalue weighted by molar-refractivity contribution is 5.00. The summed E-state index contributed by atoms with van der Waals surface area (Å²) < 4.78 is 10.7. The zero-order valence-electron chi connectivity index (χ0n) is 15.7. The average molecular weight is 303 g/mol. The van der Waals surface area contributed by atoms with Gasteiger partial charge in [0, 0.05) is 39.7 Å². The second kappa shape index (κ2) is 9.78. The summed E-state index contributed by atoms with van der Waals surface area (Å²) in [5.74, 6) is 0. The summed E-state index contributed by atoms with van der Waals surface area (Å²) in [7, 11) is 6.05. The first-order chi connectivity index (χ1) is 10.0. The van der Waals surface area contributed by atoms with Crippen LogP contribution in [0.5, 0.6) is 0 Å². The van der Waals surface area contributed by atoms with Gasteiger partial charge in [-0.05, 0) is 20.5 Å². The quantitative estimate of drug-likeness (QED) is 0.783. The van der Waals surface area contributed by atoms with Crippen molar-refractivity contribution < 1.29 is 9.47 Å². The lowest BCUT2D eigenvalue weighted by atomic mass is 9.87. The standard InChI is InChI=1S/C7H15NO.C6H11NO.2C2H6/c1-4-7(9-3)5-8(2)6-7;1-7-4-6(5-7)2-3-8-6;2*1-2/h4-6H2,1-3H3;2-5H2,1H3;2*1-2H3. The van der Waals surface area contributed by atoms with E-state index in [2.05, 4.69) is 30.8 Å². The van der Waals surface area contributed by atoms with Gasteiger partial charge in [0.1, 0.15) is 0 Å². The molecule has 128 valence electrons. The largest absolute Gasteiger partial charge is 0.376 e. The molecule has 0 bridgehead atoms. The number of likely N-dealkylation sites (N-methyl/N-ethyl adjacent to an activating group) is 2. The van der Waals surface area contributed by atoms with Crippen LogP contribution in [-0.2, 0) is 9.47 Å². The summed E-state index contributed by atoms with van der Waals surface area (Å²) in [6.07, 6.45) is 2.42. The van der Waals surface area contributed by atoms with Crippen LogP contribution in [0.15, 0.2) is 0 Å². The van der Waals surface area contributed by atoms with Gasteiger partial charge in [-0.1, -0.05) is 34.6 Å². The van der Waals surface area contributed by atoms with Gasteiger partial charge in [-0.2, -0.15) is 0 Å². The van der Waals surface area contributed by atoms with Crippen LogP contribution in [0.3, 0.4) is 0 Å². The van der Waals surface area contributed by atoms with Crippen molar-refractivity contribution >= 4 is 0 Å². The van der Waals surface area contributed by atoms with E-state index in [1.165, 1.54) is 6.42 Å². The van der Waals surface area contributed by atoms with E-state index in [1.54, 1.807) is 7.11 Å². The maximum absolute atomic E-state index is 5.38. The second-order valence-electron chi connectivity index (χ2n) is 5.87. The summed E-state index contributed by atoms with van der Waals surface area (Å²) >= 11 is 0. The maximum atomic E-state index is 5.38. The fourth-order valence-electron chi connectivity index (χ4n) is 3.01. The van der Waals surface area contributed by atoms with Crippen molar-refractivity contribution in [3.8, 4) is 0 Å². The van der Waals surface area contributed by atoms with Crippen molar-refractivity contribution in [2.45, 2.75) is 58.7 Å². The Morgan fingerprint density at radius 3 is 1.48 bits per heavy atom. The van der Waals surface area contributed by atoms with E-state index in [4.69, 9.17) is 9.47 Å². The molecule has 3 saturated heterocycles. The van der Waals surface area contributed by atoms with Gasteiger partial charge >= 0.3 is 0 Å². The number of rotatable bonds is 2. The minimum atomic E-state index is 0.203. The predicted octanol–water partition coefficient (Wildman–Crippen LogP) is 2.87. The van der Waals surface area contributed by atoms with Crippen molar-refractivity contribution in [3.05, 3.63) is 0 Å². The SMILES string of the molecule is CC.CC.CCC1(OC)CN(C)C1.CN1CC2(CCO2)C1. The van der Waals surface area contributed by atoms with Crippen LogP contribution in [0, 0.1) is 0 Å². The molecule has 0 amide bonds. The second-order valence-corrected chi connectivity index (χ2v) is 5.87. The third-order valence-corrected chi connectivity index (χ3v) is 4.28. The average Bonchev–Trinajstić information content (AvgIpc) is 2.43. The van der Waals surface area contributed by atoms with E-state index in [0.29, 0.717) is 5.60 Å². The van der Waals surface area contributed by atoms with Crippen LogP contribution in [0.1, 0.15) is 47.5 Å². The Hall–Kier alpha value is -0.160. The number of methoxy groups -OCH3 is 1. The Labute approximate surface area is 132 Å². The van der Waals surface area contributed by atoms with Gasteiger partial charge in [-0.3, -0.25) is 0 Å². The molecule has 0 aromatic rings. The number of nitrogens with zero attached hydrogens (tertiary/aromatic N) is 2. The summed E-state index contributed by atoms with van der Waals surface area (Å²) in [5, 5.41) is 0. The molecule has 1 spiro atoms. The van der Waals surface area contributed by atoms with Gasteiger partial charge in [0.15, 0.2) is 0 Å². The molecule has 0 radical (unpaired) electrons. The Balaban J connectivity index is 0.000000310. The summed E-state index contributed by atoms with van der Waals surface area (Å²) in [4.78, 5) is 4.56. The van der Waals surface area contributed by atoms with Crippen LogP contribution in [-0.4, -0.2) is 75.0 Å². The Kier molecular flexibility index (Phi) is 9.70. The summed E-state index contributed by atoms with van der Waals surface area (Å²) in [6, 6.07) is 0. The first-order valence-corrected chi connectivity index (χ1v) is 8.59. The van der Waals surface area contributed by atoms with Crippen LogP contribution in [0.2, 0.25) is 0 Å². The lowest BCUT2D eigenvalue weighted by molar-refractivity contribution is -0.215. The van der Waals surface area contributed by atoms with Crippen LogP contribution in [0.25, 0.3) is 0 Å². The molecule has 3 aliphatic heterocycles. The molecular formula is C17H38N2O2. The first-order valence-electron chi connectivity index (χ1n) is 8.59. The van der Waals surface area contributed by atoms with Crippen molar-refractivity contribution in [1.82, 2.24) is 9.80 Å². The smallest absolute Gasteiger partial charge is 0.0956 e. The molecule has 0 atom stereocenters. The van der Waals surface area contributed by atoms with Crippen molar-refractivity contribution in [2.24, 2.45) is 0 Å². The minimum absolute atomic E-state index is 0.203. The molecule has 3 heterocycles. The zero-order valence-corrected chi connectivity index (χ0v) is 15.7. The summed E-state index contributed by atoms with van der Waals surface area (Å²) in [6.45, 7) is 15.7. The molecule has 0 N–H and O–H groups in total. The number of likely N-dealkylation sites (tertiary alicyclic amines) is 2. The molecular weight excluding hydrogens is 264 g/mol. The van der Waals surface area contributed by atoms with Gasteiger partial charge in [-0.15, -0.1) is 0 Å². The van der Waals surface area contributed by atoms with E-state index in [-0.39, 0.29) is 5.60 Å². The third kappa shape index (κ3) is 5.51. The topological polar surface area (TPSA) is 24.9 Å². The highest BCUT2D eigenvalue weighted by atomic mass is 16.5. The van der Waals surface area contributed by atoms with Crippen LogP contribution < -0.4 is 0 Å². The molecule has 4 heteroatoms. The fourth-order valence-corrected chi connectivity index (χ4v) is 3.01. The van der Waals surface area contributed by atoms with E-state index in [0.717, 1.165) is 39.2 Å². The lowest BCUT2D eigenvalue weighted by Crippen LogP contribution is -2.66. The van der Waals surface area contributed by atoms with E-state index >= 15 is 0 Å². The van der Waals surface area contributed by atoms with Gasteiger partial charge in [0.2, 0.25) is 0 Å². The van der Waals surface area contributed by atoms with Gasteiger partial charge in [0.25, 0.3) is 0 Å². The highest BCUT2D eigenvalue weighted by Gasteiger charge is 2.47.